The highest BCUT2D eigenvalue weighted by atomic mass is 35.5. The zero-order valence-electron chi connectivity index (χ0n) is 11.8. The number of amides is 2. The second-order valence-corrected chi connectivity index (χ2v) is 6.41. The van der Waals surface area contributed by atoms with Gasteiger partial charge in [0.25, 0.3) is 5.91 Å². The predicted octanol–water partition coefficient (Wildman–Crippen LogP) is 3.94. The fraction of sp³-hybridized carbons (Fsp3) is 0.125. The molecule has 1 aliphatic heterocycles. The quantitative estimate of drug-likeness (QED) is 0.875. The third-order valence-corrected chi connectivity index (χ3v) is 4.63. The van der Waals surface area contributed by atoms with Gasteiger partial charge in [0.05, 0.1) is 11.4 Å². The number of aryl methyl sites for hydroxylation is 1. The number of rotatable bonds is 2. The Morgan fingerprint density at radius 3 is 2.91 bits per heavy atom. The molecule has 0 unspecified atom stereocenters. The van der Waals surface area contributed by atoms with Crippen LogP contribution in [0, 0.1) is 6.92 Å². The van der Waals surface area contributed by atoms with Crippen LogP contribution in [0.2, 0.25) is 5.02 Å². The van der Waals surface area contributed by atoms with Crippen molar-refractivity contribution in [3.63, 3.8) is 0 Å². The lowest BCUT2D eigenvalue weighted by Crippen LogP contribution is -2.20. The number of nitrogens with one attached hydrogen (secondary N) is 2. The molecule has 2 aromatic carbocycles. The minimum atomic E-state index is -0.238. The van der Waals surface area contributed by atoms with E-state index in [-0.39, 0.29) is 11.8 Å². The number of hydrogen-bond acceptors (Lipinski definition) is 3. The average Bonchev–Trinajstić information content (AvgIpc) is 2.50. The molecule has 2 aromatic rings. The third-order valence-electron chi connectivity index (χ3n) is 3.32. The first-order chi connectivity index (χ1) is 10.5. The molecule has 0 spiro atoms. The van der Waals surface area contributed by atoms with Crippen LogP contribution in [0.15, 0.2) is 41.3 Å². The molecule has 0 saturated carbocycles. The first kappa shape index (κ1) is 14.9. The van der Waals surface area contributed by atoms with Crippen LogP contribution in [0.1, 0.15) is 15.9 Å². The van der Waals surface area contributed by atoms with E-state index in [0.717, 1.165) is 10.5 Å². The van der Waals surface area contributed by atoms with Gasteiger partial charge in [-0.2, -0.15) is 0 Å². The minimum Gasteiger partial charge on any atom is -0.324 e. The maximum Gasteiger partial charge on any atom is 0.255 e. The second-order valence-electron chi connectivity index (χ2n) is 4.96. The molecule has 22 heavy (non-hydrogen) atoms. The van der Waals surface area contributed by atoms with E-state index in [2.05, 4.69) is 10.6 Å². The highest BCUT2D eigenvalue weighted by Crippen LogP contribution is 2.32. The average molecular weight is 333 g/mol. The summed E-state index contributed by atoms with van der Waals surface area (Å²) in [5, 5.41) is 6.19. The lowest BCUT2D eigenvalue weighted by Gasteiger charge is -2.17. The number of fused-ring (bicyclic) bond motifs is 1. The summed E-state index contributed by atoms with van der Waals surface area (Å²) < 4.78 is 0. The van der Waals surface area contributed by atoms with Crippen molar-refractivity contribution in [2.24, 2.45) is 0 Å². The van der Waals surface area contributed by atoms with Crippen molar-refractivity contribution in [2.45, 2.75) is 11.8 Å². The van der Waals surface area contributed by atoms with Crippen molar-refractivity contribution in [1.29, 1.82) is 0 Å². The number of benzene rings is 2. The SMILES string of the molecule is Cc1ccc(Cl)cc1NC(=O)c1ccc2c(c1)NC(=O)CS2. The highest BCUT2D eigenvalue weighted by molar-refractivity contribution is 8.00. The maximum atomic E-state index is 12.4. The van der Waals surface area contributed by atoms with Crippen LogP contribution < -0.4 is 10.6 Å². The Labute approximate surface area is 137 Å². The van der Waals surface area contributed by atoms with E-state index < -0.39 is 0 Å². The second kappa shape index (κ2) is 6.02. The van der Waals surface area contributed by atoms with Gasteiger partial charge < -0.3 is 10.6 Å². The summed E-state index contributed by atoms with van der Waals surface area (Å²) in [5.41, 5.74) is 2.77. The van der Waals surface area contributed by atoms with Gasteiger partial charge in [-0.25, -0.2) is 0 Å². The normalized spacial score (nSPS) is 13.3. The molecule has 0 saturated heterocycles. The van der Waals surface area contributed by atoms with Crippen molar-refractivity contribution in [3.8, 4) is 0 Å². The number of thioether (sulfide) groups is 1. The van der Waals surface area contributed by atoms with Gasteiger partial charge in [-0.3, -0.25) is 9.59 Å². The Balaban J connectivity index is 1.85. The highest BCUT2D eigenvalue weighted by Gasteiger charge is 2.17. The summed E-state index contributed by atoms with van der Waals surface area (Å²) in [6.07, 6.45) is 0. The summed E-state index contributed by atoms with van der Waals surface area (Å²) in [6.45, 7) is 1.90. The summed E-state index contributed by atoms with van der Waals surface area (Å²) in [6, 6.07) is 10.6. The molecule has 2 N–H and O–H groups in total. The Morgan fingerprint density at radius 1 is 1.27 bits per heavy atom. The van der Waals surface area contributed by atoms with Gasteiger partial charge in [0.15, 0.2) is 0 Å². The number of carbonyl (C=O) groups is 2. The molecule has 112 valence electrons. The number of anilines is 2. The molecule has 0 bridgehead atoms. The number of halogens is 1. The molecule has 0 atom stereocenters. The van der Waals surface area contributed by atoms with Gasteiger partial charge >= 0.3 is 0 Å². The van der Waals surface area contributed by atoms with Gasteiger partial charge in [-0.15, -0.1) is 11.8 Å². The Kier molecular flexibility index (Phi) is 4.09. The van der Waals surface area contributed by atoms with Gasteiger partial charge in [-0.05, 0) is 42.8 Å². The standard InChI is InChI=1S/C16H13ClN2O2S/c1-9-2-4-11(17)7-12(9)19-16(21)10-3-5-14-13(6-10)18-15(20)8-22-14/h2-7H,8H2,1H3,(H,18,20)(H,19,21). The fourth-order valence-corrected chi connectivity index (χ4v) is 3.11. The first-order valence-electron chi connectivity index (χ1n) is 6.67. The molecule has 4 nitrogen and oxygen atoms in total. The van der Waals surface area contributed by atoms with E-state index in [0.29, 0.717) is 27.7 Å². The monoisotopic (exact) mass is 332 g/mol. The van der Waals surface area contributed by atoms with Crippen LogP contribution in [0.4, 0.5) is 11.4 Å². The van der Waals surface area contributed by atoms with E-state index in [9.17, 15) is 9.59 Å². The van der Waals surface area contributed by atoms with Gasteiger partial charge in [0.1, 0.15) is 0 Å². The van der Waals surface area contributed by atoms with Crippen LogP contribution in [-0.4, -0.2) is 17.6 Å². The van der Waals surface area contributed by atoms with Crippen LogP contribution in [-0.2, 0) is 4.79 Å². The van der Waals surface area contributed by atoms with Crippen molar-refractivity contribution in [2.75, 3.05) is 16.4 Å². The van der Waals surface area contributed by atoms with E-state index in [1.165, 1.54) is 11.8 Å². The van der Waals surface area contributed by atoms with Gasteiger partial charge in [-0.1, -0.05) is 17.7 Å². The molecule has 3 rings (SSSR count). The summed E-state index contributed by atoms with van der Waals surface area (Å²) in [7, 11) is 0. The Bertz CT molecular complexity index is 777. The fourth-order valence-electron chi connectivity index (χ4n) is 2.15. The predicted molar refractivity (Wildman–Crippen MR) is 89.9 cm³/mol. The first-order valence-corrected chi connectivity index (χ1v) is 8.03. The Morgan fingerprint density at radius 2 is 2.09 bits per heavy atom. The molecule has 6 heteroatoms. The smallest absolute Gasteiger partial charge is 0.255 e. The molecule has 1 aliphatic rings. The molecular weight excluding hydrogens is 320 g/mol. The van der Waals surface area contributed by atoms with Crippen LogP contribution in [0.3, 0.4) is 0 Å². The van der Waals surface area contributed by atoms with Crippen molar-refractivity contribution >= 4 is 46.6 Å². The lowest BCUT2D eigenvalue weighted by atomic mass is 10.1. The van der Waals surface area contributed by atoms with E-state index in [1.807, 2.05) is 19.1 Å². The summed E-state index contributed by atoms with van der Waals surface area (Å²) in [5.74, 6) is 0.110. The maximum absolute atomic E-state index is 12.4. The topological polar surface area (TPSA) is 58.2 Å². The summed E-state index contributed by atoms with van der Waals surface area (Å²) >= 11 is 7.42. The van der Waals surface area contributed by atoms with Gasteiger partial charge in [0, 0.05) is 21.2 Å². The molecule has 0 aliphatic carbocycles. The largest absolute Gasteiger partial charge is 0.324 e. The Hall–Kier alpha value is -1.98. The minimum absolute atomic E-state index is 0.0549. The molecule has 0 fully saturated rings. The molecule has 2 amide bonds. The van der Waals surface area contributed by atoms with Gasteiger partial charge in [0.2, 0.25) is 5.91 Å². The van der Waals surface area contributed by atoms with E-state index in [1.54, 1.807) is 24.3 Å². The molecule has 0 aromatic heterocycles. The van der Waals surface area contributed by atoms with Crippen molar-refractivity contribution in [1.82, 2.24) is 0 Å². The van der Waals surface area contributed by atoms with Crippen LogP contribution >= 0.6 is 23.4 Å². The van der Waals surface area contributed by atoms with Crippen LogP contribution in [0.5, 0.6) is 0 Å². The van der Waals surface area contributed by atoms with Crippen molar-refractivity contribution < 1.29 is 9.59 Å². The third kappa shape index (κ3) is 3.10. The zero-order valence-corrected chi connectivity index (χ0v) is 13.3. The lowest BCUT2D eigenvalue weighted by molar-refractivity contribution is -0.113. The van der Waals surface area contributed by atoms with E-state index >= 15 is 0 Å². The molecular formula is C16H13ClN2O2S. The molecule has 1 heterocycles. The van der Waals surface area contributed by atoms with Crippen molar-refractivity contribution in [3.05, 3.63) is 52.5 Å². The number of hydrogen-bond donors (Lipinski definition) is 2. The van der Waals surface area contributed by atoms with Crippen LogP contribution in [0.25, 0.3) is 0 Å². The zero-order chi connectivity index (χ0) is 15.7. The molecule has 0 radical (unpaired) electrons. The van der Waals surface area contributed by atoms with E-state index in [4.69, 9.17) is 11.6 Å². The summed E-state index contributed by atoms with van der Waals surface area (Å²) in [4.78, 5) is 24.8. The number of carbonyl (C=O) groups excluding carboxylic acids is 2.